The molecule has 0 aliphatic rings. The first-order valence-electron chi connectivity index (χ1n) is 8.10. The van der Waals surface area contributed by atoms with Crippen LogP contribution in [0.25, 0.3) is 23.1 Å². The van der Waals surface area contributed by atoms with Crippen molar-refractivity contribution in [2.75, 3.05) is 19.0 Å². The van der Waals surface area contributed by atoms with Crippen molar-refractivity contribution in [2.45, 2.75) is 0 Å². The summed E-state index contributed by atoms with van der Waals surface area (Å²) >= 11 is 0. The summed E-state index contributed by atoms with van der Waals surface area (Å²) in [6.07, 6.45) is 6.46. The topological polar surface area (TPSA) is 99.4 Å². The molecule has 0 fully saturated rings. The van der Waals surface area contributed by atoms with Crippen LogP contribution in [0.3, 0.4) is 0 Å². The van der Waals surface area contributed by atoms with Crippen molar-refractivity contribution in [1.82, 2.24) is 0 Å². The zero-order valence-electron chi connectivity index (χ0n) is 15.3. The van der Waals surface area contributed by atoms with Gasteiger partial charge in [0.15, 0.2) is 6.20 Å². The van der Waals surface area contributed by atoms with Crippen LogP contribution in [0.1, 0.15) is 11.1 Å². The summed E-state index contributed by atoms with van der Waals surface area (Å²) in [5.74, 6) is 0. The van der Waals surface area contributed by atoms with Crippen LogP contribution in [0.5, 0.6) is 0 Å². The van der Waals surface area contributed by atoms with Crippen LogP contribution in [0.2, 0.25) is 0 Å². The molecule has 3 rings (SSSR count). The fraction of sp³-hybridized carbons (Fsp3) is 0.150. The van der Waals surface area contributed by atoms with Crippen molar-refractivity contribution in [3.05, 3.63) is 71.9 Å². The van der Waals surface area contributed by atoms with Gasteiger partial charge in [-0.15, -0.1) is 10.2 Å². The maximum Gasteiger partial charge on any atom is 0.212 e. The van der Waals surface area contributed by atoms with Gasteiger partial charge < -0.3 is 4.90 Å². The van der Waals surface area contributed by atoms with E-state index < -0.39 is 10.2 Å². The van der Waals surface area contributed by atoms with E-state index in [1.54, 1.807) is 0 Å². The van der Waals surface area contributed by atoms with Crippen molar-refractivity contribution >= 4 is 28.7 Å². The number of anilines is 1. The van der Waals surface area contributed by atoms with Gasteiger partial charge in [0, 0.05) is 31.9 Å². The SMILES string of the molecule is CN(C)c1ccc(/C=C/c2cc[n+](C)c3ccccc23)cc1.[O-][Cl+3]([O-])([O-])[O-]. The van der Waals surface area contributed by atoms with E-state index in [1.807, 2.05) is 0 Å². The zero-order valence-corrected chi connectivity index (χ0v) is 16.1. The number of aromatic nitrogens is 1. The lowest BCUT2D eigenvalue weighted by Gasteiger charge is -2.17. The number of rotatable bonds is 3. The Morgan fingerprint density at radius 1 is 0.852 bits per heavy atom. The minimum absolute atomic E-state index is 1.21. The Balaban J connectivity index is 0.000000465. The molecule has 142 valence electrons. The molecule has 0 saturated carbocycles. The maximum absolute atomic E-state index is 8.49. The third kappa shape index (κ3) is 6.63. The molecule has 1 aromatic heterocycles. The summed E-state index contributed by atoms with van der Waals surface area (Å²) in [6, 6.07) is 19.2. The lowest BCUT2D eigenvalue weighted by molar-refractivity contribution is -2.00. The third-order valence-electron chi connectivity index (χ3n) is 3.94. The summed E-state index contributed by atoms with van der Waals surface area (Å²) in [5.41, 5.74) is 4.91. The lowest BCUT2D eigenvalue weighted by atomic mass is 10.1. The van der Waals surface area contributed by atoms with Gasteiger partial charge >= 0.3 is 0 Å². The summed E-state index contributed by atoms with van der Waals surface area (Å²) in [5, 5.41) is 1.27. The smallest absolute Gasteiger partial charge is 0.212 e. The Hall–Kier alpha value is -2.48. The molecule has 0 saturated heterocycles. The van der Waals surface area contributed by atoms with Crippen LogP contribution in [-0.4, -0.2) is 14.1 Å². The monoisotopic (exact) mass is 388 g/mol. The van der Waals surface area contributed by atoms with Gasteiger partial charge in [-0.05, 0) is 29.3 Å². The highest BCUT2D eigenvalue weighted by atomic mass is 35.7. The number of nitrogens with zero attached hydrogens (tertiary/aromatic N) is 2. The second-order valence-electron chi connectivity index (χ2n) is 6.10. The summed E-state index contributed by atoms with van der Waals surface area (Å²) in [7, 11) is 1.25. The van der Waals surface area contributed by atoms with Crippen LogP contribution < -0.4 is 28.1 Å². The third-order valence-corrected chi connectivity index (χ3v) is 3.94. The van der Waals surface area contributed by atoms with Crippen molar-refractivity contribution in [3.63, 3.8) is 0 Å². The molecule has 0 bridgehead atoms. The Labute approximate surface area is 160 Å². The normalized spacial score (nSPS) is 11.4. The van der Waals surface area contributed by atoms with Gasteiger partial charge in [0.1, 0.15) is 7.05 Å². The molecule has 1 heterocycles. The average molecular weight is 389 g/mol. The minimum Gasteiger partial charge on any atom is -0.378 e. The molecule has 0 unspecified atom stereocenters. The summed E-state index contributed by atoms with van der Waals surface area (Å²) in [6.45, 7) is 0. The van der Waals surface area contributed by atoms with Crippen molar-refractivity contribution in [1.29, 1.82) is 0 Å². The first kappa shape index (κ1) is 20.8. The molecular weight excluding hydrogens is 368 g/mol. The van der Waals surface area contributed by atoms with Gasteiger partial charge in [-0.2, -0.15) is 0 Å². The number of pyridine rings is 1. The Kier molecular flexibility index (Phi) is 6.90. The predicted octanol–water partition coefficient (Wildman–Crippen LogP) is -0.855. The number of hydrogen-bond donors (Lipinski definition) is 0. The second-order valence-corrected chi connectivity index (χ2v) is 6.85. The standard InChI is InChI=1S/C20H21N2.ClHO4/c1-21(2)18-12-9-16(10-13-18)8-11-17-14-15-22(3)20-7-5-4-6-19(17)20;2-1(3,4)5/h4-15H,1-3H3;(H,2,3,4,5)/q+1;/p-1. The van der Waals surface area contributed by atoms with E-state index in [1.165, 1.54) is 27.7 Å². The minimum atomic E-state index is -4.94. The van der Waals surface area contributed by atoms with E-state index in [0.717, 1.165) is 0 Å². The highest BCUT2D eigenvalue weighted by Crippen LogP contribution is 2.19. The van der Waals surface area contributed by atoms with Gasteiger partial charge in [-0.25, -0.2) is 23.2 Å². The second kappa shape index (κ2) is 8.94. The molecule has 0 aliphatic carbocycles. The van der Waals surface area contributed by atoms with Crippen LogP contribution in [0.15, 0.2) is 60.8 Å². The molecule has 0 N–H and O–H groups in total. The quantitative estimate of drug-likeness (QED) is 0.544. The summed E-state index contributed by atoms with van der Waals surface area (Å²) < 4.78 is 36.1. The zero-order chi connectivity index (χ0) is 20.0. The van der Waals surface area contributed by atoms with E-state index in [0.29, 0.717) is 0 Å². The molecule has 0 aliphatic heterocycles. The number of benzene rings is 2. The van der Waals surface area contributed by atoms with Gasteiger partial charge in [-0.3, -0.25) is 0 Å². The Morgan fingerprint density at radius 2 is 1.44 bits per heavy atom. The molecule has 27 heavy (non-hydrogen) atoms. The largest absolute Gasteiger partial charge is 0.378 e. The molecule has 2 aromatic carbocycles. The molecule has 6 nitrogen and oxygen atoms in total. The first-order chi connectivity index (χ1) is 12.6. The van der Waals surface area contributed by atoms with Crippen molar-refractivity contribution < 1.29 is 33.4 Å². The molecule has 3 aromatic rings. The molecule has 0 radical (unpaired) electrons. The first-order valence-corrected chi connectivity index (χ1v) is 9.33. The van der Waals surface area contributed by atoms with Gasteiger partial charge in [-0.1, -0.05) is 36.4 Å². The Bertz CT molecular complexity index is 913. The molecular formula is C20H21ClN2O4. The molecule has 0 spiro atoms. The van der Waals surface area contributed by atoms with Crippen LogP contribution in [0, 0.1) is 10.2 Å². The van der Waals surface area contributed by atoms with Crippen LogP contribution in [0.4, 0.5) is 5.69 Å². The number of halogens is 1. The van der Waals surface area contributed by atoms with Gasteiger partial charge in [0.2, 0.25) is 5.52 Å². The molecule has 0 amide bonds. The predicted molar refractivity (Wildman–Crippen MR) is 94.8 cm³/mol. The number of hydrogen-bond acceptors (Lipinski definition) is 5. The number of aryl methyl sites for hydroxylation is 1. The van der Waals surface area contributed by atoms with Gasteiger partial charge in [0.05, 0.1) is 5.39 Å². The van der Waals surface area contributed by atoms with E-state index >= 15 is 0 Å². The van der Waals surface area contributed by atoms with Crippen molar-refractivity contribution in [2.24, 2.45) is 7.05 Å². The van der Waals surface area contributed by atoms with E-state index in [-0.39, 0.29) is 0 Å². The number of fused-ring (bicyclic) bond motifs is 1. The van der Waals surface area contributed by atoms with Gasteiger partial charge in [0.25, 0.3) is 0 Å². The maximum atomic E-state index is 8.49. The fourth-order valence-electron chi connectivity index (χ4n) is 2.60. The van der Waals surface area contributed by atoms with Crippen LogP contribution in [-0.2, 0) is 7.05 Å². The summed E-state index contributed by atoms with van der Waals surface area (Å²) in [4.78, 5) is 2.11. The fourth-order valence-corrected chi connectivity index (χ4v) is 2.60. The lowest BCUT2D eigenvalue weighted by Crippen LogP contribution is -2.68. The number of para-hydroxylation sites is 1. The highest BCUT2D eigenvalue weighted by Gasteiger charge is 2.06. The van der Waals surface area contributed by atoms with E-state index in [2.05, 4.69) is 104 Å². The highest BCUT2D eigenvalue weighted by molar-refractivity contribution is 5.88. The molecule has 7 heteroatoms. The van der Waals surface area contributed by atoms with E-state index in [4.69, 9.17) is 18.6 Å². The van der Waals surface area contributed by atoms with Crippen LogP contribution >= 0.6 is 0 Å². The molecule has 0 atom stereocenters. The Morgan fingerprint density at radius 3 is 2.04 bits per heavy atom. The average Bonchev–Trinajstić information content (AvgIpc) is 2.60. The van der Waals surface area contributed by atoms with E-state index in [9.17, 15) is 0 Å². The van der Waals surface area contributed by atoms with Crippen molar-refractivity contribution in [3.8, 4) is 0 Å².